The van der Waals surface area contributed by atoms with Crippen molar-refractivity contribution in [1.29, 1.82) is 5.26 Å². The number of nitrogens with zero attached hydrogens (tertiary/aromatic N) is 1. The minimum absolute atomic E-state index is 0.110. The van der Waals surface area contributed by atoms with Crippen molar-refractivity contribution in [2.45, 2.75) is 31.2 Å². The van der Waals surface area contributed by atoms with Gasteiger partial charge in [0.25, 0.3) is 0 Å². The molecule has 3 N–H and O–H groups in total. The molecule has 7 heteroatoms. The molecule has 0 heterocycles. The zero-order chi connectivity index (χ0) is 15.5. The Morgan fingerprint density at radius 3 is 2.67 bits per heavy atom. The lowest BCUT2D eigenvalue weighted by Crippen LogP contribution is -2.55. The van der Waals surface area contributed by atoms with Crippen molar-refractivity contribution in [2.75, 3.05) is 5.32 Å². The second-order valence-electron chi connectivity index (χ2n) is 5.09. The number of hydrogen-bond donors (Lipinski definition) is 3. The molecular weight excluding hydrogens is 294 g/mol. The van der Waals surface area contributed by atoms with E-state index in [1.165, 1.54) is 12.1 Å². The van der Waals surface area contributed by atoms with Crippen LogP contribution in [0.5, 0.6) is 0 Å². The van der Waals surface area contributed by atoms with Gasteiger partial charge in [-0.05, 0) is 37.5 Å². The van der Waals surface area contributed by atoms with Crippen molar-refractivity contribution >= 4 is 29.3 Å². The highest BCUT2D eigenvalue weighted by Gasteiger charge is 2.40. The van der Waals surface area contributed by atoms with Crippen LogP contribution in [-0.4, -0.2) is 22.6 Å². The maximum atomic E-state index is 12.0. The van der Waals surface area contributed by atoms with Gasteiger partial charge in [0.05, 0.1) is 23.2 Å². The Kier molecular flexibility index (Phi) is 4.34. The lowest BCUT2D eigenvalue weighted by atomic mass is 9.74. The van der Waals surface area contributed by atoms with Gasteiger partial charge in [0.2, 0.25) is 0 Å². The third-order valence-electron chi connectivity index (χ3n) is 3.53. The van der Waals surface area contributed by atoms with Gasteiger partial charge in [0, 0.05) is 5.02 Å². The minimum Gasteiger partial charge on any atom is -0.481 e. The fraction of sp³-hybridized carbons (Fsp3) is 0.357. The Morgan fingerprint density at radius 2 is 2.14 bits per heavy atom. The van der Waals surface area contributed by atoms with Gasteiger partial charge in [0.1, 0.15) is 6.07 Å². The molecule has 110 valence electrons. The number of carbonyl (C=O) groups is 2. The first kappa shape index (κ1) is 15.1. The Hall–Kier alpha value is -2.26. The lowest BCUT2D eigenvalue weighted by molar-refractivity contribution is -0.139. The summed E-state index contributed by atoms with van der Waals surface area (Å²) in [7, 11) is 0. The van der Waals surface area contributed by atoms with E-state index in [-0.39, 0.29) is 12.0 Å². The van der Waals surface area contributed by atoms with Gasteiger partial charge >= 0.3 is 12.0 Å². The predicted molar refractivity (Wildman–Crippen MR) is 77.2 cm³/mol. The number of carboxylic acids is 1. The van der Waals surface area contributed by atoms with Crippen molar-refractivity contribution in [1.82, 2.24) is 5.32 Å². The Morgan fingerprint density at radius 1 is 1.43 bits per heavy atom. The summed E-state index contributed by atoms with van der Waals surface area (Å²) in [5.74, 6) is -0.949. The number of nitriles is 1. The number of aliphatic carboxylic acids is 1. The molecule has 0 atom stereocenters. The van der Waals surface area contributed by atoms with Crippen LogP contribution in [0.1, 0.15) is 31.2 Å². The molecule has 0 aliphatic heterocycles. The molecule has 2 rings (SSSR count). The predicted octanol–water partition coefficient (Wildman–Crippen LogP) is 2.73. The van der Waals surface area contributed by atoms with Gasteiger partial charge in [0.15, 0.2) is 0 Å². The summed E-state index contributed by atoms with van der Waals surface area (Å²) in [4.78, 5) is 22.9. The Labute approximate surface area is 126 Å². The molecule has 1 aliphatic carbocycles. The number of benzene rings is 1. The minimum atomic E-state index is -0.949. The third kappa shape index (κ3) is 3.64. The number of urea groups is 1. The van der Waals surface area contributed by atoms with Crippen LogP contribution in [0.4, 0.5) is 10.5 Å². The van der Waals surface area contributed by atoms with Crippen molar-refractivity contribution in [2.24, 2.45) is 0 Å². The number of nitrogens with one attached hydrogen (secondary N) is 2. The smallest absolute Gasteiger partial charge is 0.319 e. The van der Waals surface area contributed by atoms with E-state index in [1.54, 1.807) is 6.07 Å². The van der Waals surface area contributed by atoms with Crippen LogP contribution < -0.4 is 10.6 Å². The molecule has 0 spiro atoms. The maximum absolute atomic E-state index is 12.0. The van der Waals surface area contributed by atoms with Gasteiger partial charge in [-0.2, -0.15) is 5.26 Å². The van der Waals surface area contributed by atoms with E-state index in [0.29, 0.717) is 23.6 Å². The molecule has 1 aromatic rings. The van der Waals surface area contributed by atoms with Crippen LogP contribution in [0, 0.1) is 11.3 Å². The van der Waals surface area contributed by atoms with Gasteiger partial charge in [-0.25, -0.2) is 4.79 Å². The monoisotopic (exact) mass is 307 g/mol. The molecule has 1 fully saturated rings. The van der Waals surface area contributed by atoms with Crippen LogP contribution >= 0.6 is 11.6 Å². The molecule has 0 bridgehead atoms. The number of amides is 2. The van der Waals surface area contributed by atoms with E-state index in [0.717, 1.165) is 6.42 Å². The fourth-order valence-electron chi connectivity index (χ4n) is 2.35. The number of hydrogen-bond acceptors (Lipinski definition) is 3. The highest BCUT2D eigenvalue weighted by Crippen LogP contribution is 2.35. The van der Waals surface area contributed by atoms with Gasteiger partial charge in [-0.1, -0.05) is 11.6 Å². The fourth-order valence-corrected chi connectivity index (χ4v) is 2.52. The molecule has 0 saturated heterocycles. The molecule has 0 aromatic heterocycles. The van der Waals surface area contributed by atoms with Crippen LogP contribution in [0.25, 0.3) is 0 Å². The molecular formula is C14H14ClN3O3. The van der Waals surface area contributed by atoms with E-state index in [9.17, 15) is 9.59 Å². The third-order valence-corrected chi connectivity index (χ3v) is 3.76. The summed E-state index contributed by atoms with van der Waals surface area (Å²) in [5, 5.41) is 23.5. The van der Waals surface area contributed by atoms with Crippen molar-refractivity contribution in [3.63, 3.8) is 0 Å². The van der Waals surface area contributed by atoms with Gasteiger partial charge < -0.3 is 15.7 Å². The average Bonchev–Trinajstić information content (AvgIpc) is 2.35. The van der Waals surface area contributed by atoms with E-state index in [2.05, 4.69) is 10.6 Å². The number of carboxylic acid groups (broad SMARTS) is 1. The zero-order valence-corrected chi connectivity index (χ0v) is 11.9. The molecule has 1 aromatic carbocycles. The maximum Gasteiger partial charge on any atom is 0.319 e. The molecule has 6 nitrogen and oxygen atoms in total. The largest absolute Gasteiger partial charge is 0.481 e. The lowest BCUT2D eigenvalue weighted by Gasteiger charge is -2.41. The average molecular weight is 308 g/mol. The van der Waals surface area contributed by atoms with Gasteiger partial charge in [-0.15, -0.1) is 0 Å². The van der Waals surface area contributed by atoms with Crippen LogP contribution in [-0.2, 0) is 4.79 Å². The number of rotatable bonds is 4. The van der Waals surface area contributed by atoms with E-state index < -0.39 is 17.5 Å². The second-order valence-corrected chi connectivity index (χ2v) is 5.52. The van der Waals surface area contributed by atoms with Gasteiger partial charge in [-0.3, -0.25) is 4.79 Å². The number of anilines is 1. The standard InChI is InChI=1S/C14H14ClN3O3/c15-10-3-2-9(8-16)11(6-10)17-13(21)18-14(4-1-5-14)7-12(19)20/h2-3,6H,1,4-5,7H2,(H,19,20)(H2,17,18,21). The first-order valence-electron chi connectivity index (χ1n) is 6.45. The highest BCUT2D eigenvalue weighted by atomic mass is 35.5. The van der Waals surface area contributed by atoms with Crippen molar-refractivity contribution < 1.29 is 14.7 Å². The van der Waals surface area contributed by atoms with Crippen LogP contribution in [0.2, 0.25) is 5.02 Å². The molecule has 21 heavy (non-hydrogen) atoms. The molecule has 1 saturated carbocycles. The summed E-state index contributed by atoms with van der Waals surface area (Å²) in [6, 6.07) is 5.96. The van der Waals surface area contributed by atoms with Crippen LogP contribution in [0.15, 0.2) is 18.2 Å². The van der Waals surface area contributed by atoms with E-state index in [4.69, 9.17) is 22.0 Å². The topological polar surface area (TPSA) is 102 Å². The molecule has 0 radical (unpaired) electrons. The SMILES string of the molecule is N#Cc1ccc(Cl)cc1NC(=O)NC1(CC(=O)O)CCC1. The first-order chi connectivity index (χ1) is 9.94. The molecule has 1 aliphatic rings. The van der Waals surface area contributed by atoms with Crippen molar-refractivity contribution in [3.05, 3.63) is 28.8 Å². The van der Waals surface area contributed by atoms with E-state index in [1.807, 2.05) is 6.07 Å². The molecule has 0 unspecified atom stereocenters. The quantitative estimate of drug-likeness (QED) is 0.795. The highest BCUT2D eigenvalue weighted by molar-refractivity contribution is 6.31. The van der Waals surface area contributed by atoms with Crippen LogP contribution in [0.3, 0.4) is 0 Å². The van der Waals surface area contributed by atoms with Crippen molar-refractivity contribution in [3.8, 4) is 6.07 Å². The molecule has 2 amide bonds. The Balaban J connectivity index is 2.07. The summed E-state index contributed by atoms with van der Waals surface area (Å²) >= 11 is 5.84. The summed E-state index contributed by atoms with van der Waals surface area (Å²) in [6.07, 6.45) is 2.04. The van der Waals surface area contributed by atoms with E-state index >= 15 is 0 Å². The Bertz CT molecular complexity index is 620. The number of halogens is 1. The normalized spacial score (nSPS) is 15.4. The summed E-state index contributed by atoms with van der Waals surface area (Å²) in [6.45, 7) is 0. The summed E-state index contributed by atoms with van der Waals surface area (Å²) < 4.78 is 0. The first-order valence-corrected chi connectivity index (χ1v) is 6.82. The number of carbonyl (C=O) groups excluding carboxylic acids is 1. The summed E-state index contributed by atoms with van der Waals surface area (Å²) in [5.41, 5.74) is -0.107. The zero-order valence-electron chi connectivity index (χ0n) is 11.1. The second kappa shape index (κ2) is 6.02.